The lowest BCUT2D eigenvalue weighted by molar-refractivity contribution is -0.383. The molecule has 6 heteroatoms. The summed E-state index contributed by atoms with van der Waals surface area (Å²) in [4.78, 5) is 11.2. The predicted molar refractivity (Wildman–Crippen MR) is 89.5 cm³/mol. The lowest BCUT2D eigenvalue weighted by Crippen LogP contribution is -2.00. The van der Waals surface area contributed by atoms with Crippen LogP contribution in [0.5, 0.6) is 0 Å². The molecule has 1 atom stereocenters. The molecule has 0 saturated carbocycles. The van der Waals surface area contributed by atoms with Crippen molar-refractivity contribution in [3.05, 3.63) is 56.5 Å². The molecule has 0 spiro atoms. The average Bonchev–Trinajstić information content (AvgIpc) is 2.90. The standard InChI is InChI=1S/C16H20N2O3S/c1-10(2)13-6-4-12(5-7-13)9-17-16-14(18(20)21)8-15(22-16)11(3)19/h4-8,10-11,17,19H,9H2,1-3H3/t11-/m0/s1. The van der Waals surface area contributed by atoms with Crippen LogP contribution in [0.4, 0.5) is 10.7 Å². The molecule has 0 amide bonds. The number of nitrogens with one attached hydrogen (secondary N) is 1. The fraction of sp³-hybridized carbons (Fsp3) is 0.375. The predicted octanol–water partition coefficient (Wildman–Crippen LogP) is 4.45. The molecule has 2 rings (SSSR count). The van der Waals surface area contributed by atoms with Gasteiger partial charge in [-0.3, -0.25) is 10.1 Å². The number of anilines is 1. The Morgan fingerprint density at radius 2 is 1.91 bits per heavy atom. The zero-order valence-electron chi connectivity index (χ0n) is 12.9. The van der Waals surface area contributed by atoms with Crippen LogP contribution in [0, 0.1) is 10.1 Å². The third kappa shape index (κ3) is 3.84. The second kappa shape index (κ2) is 6.89. The van der Waals surface area contributed by atoms with E-state index in [-0.39, 0.29) is 5.69 Å². The number of aliphatic hydroxyl groups excluding tert-OH is 1. The Morgan fingerprint density at radius 1 is 1.27 bits per heavy atom. The third-order valence-electron chi connectivity index (χ3n) is 3.44. The minimum atomic E-state index is -0.704. The quantitative estimate of drug-likeness (QED) is 0.609. The van der Waals surface area contributed by atoms with Crippen LogP contribution in [0.25, 0.3) is 0 Å². The summed E-state index contributed by atoms with van der Waals surface area (Å²) in [7, 11) is 0. The first-order chi connectivity index (χ1) is 10.4. The average molecular weight is 320 g/mol. The van der Waals surface area contributed by atoms with E-state index in [9.17, 15) is 15.2 Å². The van der Waals surface area contributed by atoms with Gasteiger partial charge in [0.2, 0.25) is 0 Å². The second-order valence-corrected chi connectivity index (χ2v) is 6.63. The van der Waals surface area contributed by atoms with Crippen LogP contribution in [0.15, 0.2) is 30.3 Å². The highest BCUT2D eigenvalue weighted by Gasteiger charge is 2.20. The molecule has 0 aliphatic rings. The Kier molecular flexibility index (Phi) is 5.15. The van der Waals surface area contributed by atoms with Crippen molar-refractivity contribution >= 4 is 22.0 Å². The van der Waals surface area contributed by atoms with Gasteiger partial charge in [-0.2, -0.15) is 0 Å². The largest absolute Gasteiger partial charge is 0.388 e. The molecule has 2 N–H and O–H groups in total. The van der Waals surface area contributed by atoms with Crippen molar-refractivity contribution in [2.75, 3.05) is 5.32 Å². The molecule has 0 unspecified atom stereocenters. The van der Waals surface area contributed by atoms with Crippen LogP contribution in [0.3, 0.4) is 0 Å². The maximum absolute atomic E-state index is 11.1. The molecular formula is C16H20N2O3S. The highest BCUT2D eigenvalue weighted by Crippen LogP contribution is 2.37. The van der Waals surface area contributed by atoms with E-state index in [1.165, 1.54) is 23.0 Å². The zero-order valence-corrected chi connectivity index (χ0v) is 13.7. The Labute approximate surface area is 133 Å². The summed E-state index contributed by atoms with van der Waals surface area (Å²) < 4.78 is 0. The van der Waals surface area contributed by atoms with Gasteiger partial charge in [0, 0.05) is 17.5 Å². The SMILES string of the molecule is CC(C)c1ccc(CNc2sc([C@H](C)O)cc2[N+](=O)[O-])cc1. The Morgan fingerprint density at radius 3 is 2.41 bits per heavy atom. The smallest absolute Gasteiger partial charge is 0.303 e. The molecule has 2 aromatic rings. The summed E-state index contributed by atoms with van der Waals surface area (Å²) >= 11 is 1.22. The summed E-state index contributed by atoms with van der Waals surface area (Å²) in [6.45, 7) is 6.39. The molecule has 1 aromatic carbocycles. The van der Waals surface area contributed by atoms with Gasteiger partial charge in [-0.25, -0.2) is 0 Å². The van der Waals surface area contributed by atoms with E-state index in [1.54, 1.807) is 6.92 Å². The van der Waals surface area contributed by atoms with Gasteiger partial charge in [-0.15, -0.1) is 11.3 Å². The molecule has 1 heterocycles. The number of hydrogen-bond donors (Lipinski definition) is 2. The van der Waals surface area contributed by atoms with E-state index in [0.29, 0.717) is 22.3 Å². The molecule has 0 saturated heterocycles. The highest BCUT2D eigenvalue weighted by molar-refractivity contribution is 7.16. The van der Waals surface area contributed by atoms with Gasteiger partial charge in [0.1, 0.15) is 0 Å². The maximum atomic E-state index is 11.1. The molecule has 0 fully saturated rings. The number of hydrogen-bond acceptors (Lipinski definition) is 5. The highest BCUT2D eigenvalue weighted by atomic mass is 32.1. The Bertz CT molecular complexity index is 648. The summed E-state index contributed by atoms with van der Waals surface area (Å²) in [5.74, 6) is 0.481. The summed E-state index contributed by atoms with van der Waals surface area (Å²) in [5, 5.41) is 24.2. The summed E-state index contributed by atoms with van der Waals surface area (Å²) in [6, 6.07) is 9.63. The number of nitrogens with zero attached hydrogens (tertiary/aromatic N) is 1. The zero-order chi connectivity index (χ0) is 16.3. The first kappa shape index (κ1) is 16.5. The Balaban J connectivity index is 2.12. The molecule has 0 aliphatic carbocycles. The molecule has 22 heavy (non-hydrogen) atoms. The van der Waals surface area contributed by atoms with Crippen LogP contribution < -0.4 is 5.32 Å². The van der Waals surface area contributed by atoms with Crippen molar-refractivity contribution in [2.24, 2.45) is 0 Å². The van der Waals surface area contributed by atoms with E-state index in [4.69, 9.17) is 0 Å². The molecule has 0 aliphatic heterocycles. The van der Waals surface area contributed by atoms with E-state index < -0.39 is 11.0 Å². The lowest BCUT2D eigenvalue weighted by atomic mass is 10.0. The van der Waals surface area contributed by atoms with Crippen LogP contribution >= 0.6 is 11.3 Å². The summed E-state index contributed by atoms with van der Waals surface area (Å²) in [5.41, 5.74) is 2.34. The van der Waals surface area contributed by atoms with Gasteiger partial charge in [0.25, 0.3) is 0 Å². The van der Waals surface area contributed by atoms with Crippen molar-refractivity contribution in [2.45, 2.75) is 39.3 Å². The number of thiophene rings is 1. The first-order valence-corrected chi connectivity index (χ1v) is 7.99. The number of rotatable bonds is 6. The van der Waals surface area contributed by atoms with Crippen LogP contribution in [-0.4, -0.2) is 10.0 Å². The molecule has 118 valence electrons. The van der Waals surface area contributed by atoms with Crippen molar-refractivity contribution < 1.29 is 10.0 Å². The normalized spacial score (nSPS) is 12.4. The van der Waals surface area contributed by atoms with Crippen molar-refractivity contribution in [1.29, 1.82) is 0 Å². The first-order valence-electron chi connectivity index (χ1n) is 7.17. The molecule has 1 aromatic heterocycles. The lowest BCUT2D eigenvalue weighted by Gasteiger charge is -2.08. The van der Waals surface area contributed by atoms with Crippen LogP contribution in [0.1, 0.15) is 48.8 Å². The fourth-order valence-electron chi connectivity index (χ4n) is 2.07. The number of nitro groups is 1. The molecule has 0 radical (unpaired) electrons. The Hall–Kier alpha value is -1.92. The van der Waals surface area contributed by atoms with Crippen LogP contribution in [-0.2, 0) is 6.54 Å². The van der Waals surface area contributed by atoms with E-state index in [2.05, 4.69) is 31.3 Å². The van der Waals surface area contributed by atoms with Crippen molar-refractivity contribution in [3.63, 3.8) is 0 Å². The van der Waals surface area contributed by atoms with Crippen molar-refractivity contribution in [1.82, 2.24) is 0 Å². The third-order valence-corrected chi connectivity index (χ3v) is 4.69. The number of aliphatic hydroxyl groups is 1. The van der Waals surface area contributed by atoms with Crippen molar-refractivity contribution in [3.8, 4) is 0 Å². The van der Waals surface area contributed by atoms with Gasteiger partial charge in [-0.1, -0.05) is 38.1 Å². The summed E-state index contributed by atoms with van der Waals surface area (Å²) in [6.07, 6.45) is -0.704. The minimum absolute atomic E-state index is 0.0136. The molecular weight excluding hydrogens is 300 g/mol. The van der Waals surface area contributed by atoms with E-state index in [0.717, 1.165) is 5.56 Å². The minimum Gasteiger partial charge on any atom is -0.388 e. The van der Waals surface area contributed by atoms with Gasteiger partial charge < -0.3 is 10.4 Å². The molecule has 5 nitrogen and oxygen atoms in total. The monoisotopic (exact) mass is 320 g/mol. The topological polar surface area (TPSA) is 75.4 Å². The van der Waals surface area contributed by atoms with Gasteiger partial charge >= 0.3 is 5.69 Å². The van der Waals surface area contributed by atoms with E-state index >= 15 is 0 Å². The maximum Gasteiger partial charge on any atom is 0.303 e. The second-order valence-electron chi connectivity index (χ2n) is 5.55. The fourth-order valence-corrected chi connectivity index (χ4v) is 3.03. The molecule has 0 bridgehead atoms. The number of benzene rings is 1. The van der Waals surface area contributed by atoms with Gasteiger partial charge in [-0.05, 0) is 24.0 Å². The van der Waals surface area contributed by atoms with Gasteiger partial charge in [0.15, 0.2) is 5.00 Å². The van der Waals surface area contributed by atoms with E-state index in [1.807, 2.05) is 12.1 Å². The van der Waals surface area contributed by atoms with Crippen LogP contribution in [0.2, 0.25) is 0 Å². The van der Waals surface area contributed by atoms with Gasteiger partial charge in [0.05, 0.1) is 11.0 Å².